The Morgan fingerprint density at radius 2 is 2.00 bits per heavy atom. The van der Waals surface area contributed by atoms with E-state index < -0.39 is 0 Å². The number of fused-ring (bicyclic) bond motifs is 3. The summed E-state index contributed by atoms with van der Waals surface area (Å²) in [7, 11) is 4.04. The van der Waals surface area contributed by atoms with E-state index in [1.165, 1.54) is 17.4 Å². The monoisotopic (exact) mass is 288 g/mol. The molecular weight excluding hydrogens is 264 g/mol. The molecule has 0 unspecified atom stereocenters. The van der Waals surface area contributed by atoms with Crippen LogP contribution in [0.4, 0.5) is 0 Å². The highest BCUT2D eigenvalue weighted by Crippen LogP contribution is 2.28. The minimum atomic E-state index is 0.0775. The highest BCUT2D eigenvalue weighted by molar-refractivity contribution is 5.83. The number of nitrogens with zero attached hydrogens (tertiary/aromatic N) is 3. The molecule has 5 nitrogen and oxygen atoms in total. The number of aromatic amines is 1. The molecule has 1 N–H and O–H groups in total. The number of aromatic nitrogens is 3. The van der Waals surface area contributed by atoms with Gasteiger partial charge in [0.25, 0.3) is 5.56 Å². The molecule has 21 heavy (non-hydrogen) atoms. The van der Waals surface area contributed by atoms with E-state index in [0.29, 0.717) is 0 Å². The molecule has 0 bridgehead atoms. The first-order valence-electron chi connectivity index (χ1n) is 7.90. The fraction of sp³-hybridized carbons (Fsp3) is 0.625. The third-order valence-electron chi connectivity index (χ3n) is 4.42. The lowest BCUT2D eigenvalue weighted by molar-refractivity contribution is 0.323. The molecule has 0 amide bonds. The maximum absolute atomic E-state index is 12.3. The maximum atomic E-state index is 12.3. The lowest BCUT2D eigenvalue weighted by atomic mass is 9.90. The van der Waals surface area contributed by atoms with Crippen molar-refractivity contribution in [2.24, 2.45) is 7.05 Å². The number of aryl methyl sites for hydroxylation is 2. The average molecular weight is 288 g/mol. The minimum absolute atomic E-state index is 0.0775. The zero-order valence-corrected chi connectivity index (χ0v) is 13.2. The van der Waals surface area contributed by atoms with E-state index in [9.17, 15) is 4.79 Å². The first kappa shape index (κ1) is 14.3. The Morgan fingerprint density at radius 3 is 2.71 bits per heavy atom. The second-order valence-electron chi connectivity index (χ2n) is 6.15. The van der Waals surface area contributed by atoms with Crippen molar-refractivity contribution in [2.45, 2.75) is 45.6 Å². The van der Waals surface area contributed by atoms with Crippen molar-refractivity contribution in [3.63, 3.8) is 0 Å². The third kappa shape index (κ3) is 2.50. The third-order valence-corrected chi connectivity index (χ3v) is 4.42. The number of nitrogens with one attached hydrogen (secondary N) is 1. The van der Waals surface area contributed by atoms with E-state index in [4.69, 9.17) is 0 Å². The van der Waals surface area contributed by atoms with Gasteiger partial charge in [0.15, 0.2) is 0 Å². The topological polar surface area (TPSA) is 53.9 Å². The fourth-order valence-corrected chi connectivity index (χ4v) is 3.48. The Kier molecular flexibility index (Phi) is 3.85. The molecule has 0 fully saturated rings. The van der Waals surface area contributed by atoms with Gasteiger partial charge < -0.3 is 9.88 Å². The van der Waals surface area contributed by atoms with E-state index in [1.54, 1.807) is 0 Å². The van der Waals surface area contributed by atoms with Gasteiger partial charge in [-0.05, 0) is 51.3 Å². The average Bonchev–Trinajstić information content (AvgIpc) is 2.76. The van der Waals surface area contributed by atoms with Crippen molar-refractivity contribution < 1.29 is 0 Å². The molecule has 0 saturated heterocycles. The van der Waals surface area contributed by atoms with Gasteiger partial charge in [0.05, 0.1) is 5.69 Å². The Morgan fingerprint density at radius 1 is 1.29 bits per heavy atom. The molecule has 3 rings (SSSR count). The smallest absolute Gasteiger partial charge is 0.253 e. The van der Waals surface area contributed by atoms with Crippen LogP contribution < -0.4 is 5.56 Å². The van der Waals surface area contributed by atoms with Gasteiger partial charge >= 0.3 is 0 Å². The van der Waals surface area contributed by atoms with Crippen LogP contribution in [0.1, 0.15) is 43.0 Å². The molecule has 1 aliphatic rings. The molecule has 0 saturated carbocycles. The predicted molar refractivity (Wildman–Crippen MR) is 84.6 cm³/mol. The summed E-state index contributed by atoms with van der Waals surface area (Å²) in [5.74, 6) is 0. The Balaban J connectivity index is 2.15. The highest BCUT2D eigenvalue weighted by atomic mass is 16.1. The molecule has 114 valence electrons. The van der Waals surface area contributed by atoms with Crippen molar-refractivity contribution >= 4 is 11.0 Å². The van der Waals surface area contributed by atoms with Crippen LogP contribution in [0.15, 0.2) is 4.79 Å². The molecule has 5 heteroatoms. The van der Waals surface area contributed by atoms with Gasteiger partial charge in [0.1, 0.15) is 5.65 Å². The fourth-order valence-electron chi connectivity index (χ4n) is 3.48. The van der Waals surface area contributed by atoms with E-state index in [1.807, 2.05) is 11.7 Å². The van der Waals surface area contributed by atoms with Gasteiger partial charge in [-0.1, -0.05) is 6.92 Å². The van der Waals surface area contributed by atoms with Crippen molar-refractivity contribution in [3.05, 3.63) is 27.2 Å². The maximum Gasteiger partial charge on any atom is 0.253 e. The van der Waals surface area contributed by atoms with Gasteiger partial charge in [-0.25, -0.2) is 0 Å². The largest absolute Gasteiger partial charge is 0.307 e. The highest BCUT2D eigenvalue weighted by Gasteiger charge is 2.22. The normalized spacial score (nSPS) is 14.9. The standard InChI is InChI=1S/C16H24N4O/c1-4-9-19(2)10-13-14-11-7-5-6-8-12(11)16(21)17-15(14)20(3)18-13/h4-10H2,1-3H3,(H,17,21). The summed E-state index contributed by atoms with van der Waals surface area (Å²) in [6.45, 7) is 4.08. The summed E-state index contributed by atoms with van der Waals surface area (Å²) in [6.07, 6.45) is 5.33. The van der Waals surface area contributed by atoms with E-state index in [0.717, 1.165) is 55.7 Å². The Labute approximate surface area is 125 Å². The Bertz CT molecular complexity index is 713. The molecule has 0 atom stereocenters. The van der Waals surface area contributed by atoms with Crippen molar-refractivity contribution in [2.75, 3.05) is 13.6 Å². The van der Waals surface area contributed by atoms with Crippen LogP contribution in [-0.4, -0.2) is 33.3 Å². The number of pyridine rings is 1. The van der Waals surface area contributed by atoms with Gasteiger partial charge in [-0.3, -0.25) is 9.48 Å². The van der Waals surface area contributed by atoms with Crippen molar-refractivity contribution in [1.82, 2.24) is 19.7 Å². The van der Waals surface area contributed by atoms with Crippen LogP contribution >= 0.6 is 0 Å². The lowest BCUT2D eigenvalue weighted by Crippen LogP contribution is -2.21. The van der Waals surface area contributed by atoms with Gasteiger partial charge in [-0.2, -0.15) is 5.10 Å². The zero-order valence-electron chi connectivity index (χ0n) is 13.2. The number of H-pyrrole nitrogens is 1. The summed E-state index contributed by atoms with van der Waals surface area (Å²) in [6, 6.07) is 0. The molecule has 2 aromatic rings. The van der Waals surface area contributed by atoms with Crippen LogP contribution in [0, 0.1) is 0 Å². The zero-order chi connectivity index (χ0) is 15.0. The number of rotatable bonds is 4. The van der Waals surface area contributed by atoms with Gasteiger partial charge in [-0.15, -0.1) is 0 Å². The van der Waals surface area contributed by atoms with Crippen LogP contribution in [0.25, 0.3) is 11.0 Å². The summed E-state index contributed by atoms with van der Waals surface area (Å²) in [4.78, 5) is 17.6. The summed E-state index contributed by atoms with van der Waals surface area (Å²) < 4.78 is 1.82. The van der Waals surface area contributed by atoms with E-state index in [2.05, 4.69) is 29.0 Å². The summed E-state index contributed by atoms with van der Waals surface area (Å²) in [5, 5.41) is 5.86. The van der Waals surface area contributed by atoms with Crippen molar-refractivity contribution in [1.29, 1.82) is 0 Å². The van der Waals surface area contributed by atoms with Crippen LogP contribution in [-0.2, 0) is 26.4 Å². The van der Waals surface area contributed by atoms with E-state index in [-0.39, 0.29) is 5.56 Å². The lowest BCUT2D eigenvalue weighted by Gasteiger charge is -2.18. The van der Waals surface area contributed by atoms with Crippen molar-refractivity contribution in [3.8, 4) is 0 Å². The predicted octanol–water partition coefficient (Wildman–Crippen LogP) is 1.98. The molecular formula is C16H24N4O. The van der Waals surface area contributed by atoms with Crippen LogP contribution in [0.2, 0.25) is 0 Å². The summed E-state index contributed by atoms with van der Waals surface area (Å²) >= 11 is 0. The number of hydrogen-bond donors (Lipinski definition) is 1. The van der Waals surface area contributed by atoms with Gasteiger partial charge in [0.2, 0.25) is 0 Å². The molecule has 1 aliphatic carbocycles. The molecule has 0 radical (unpaired) electrons. The Hall–Kier alpha value is -1.62. The van der Waals surface area contributed by atoms with E-state index >= 15 is 0 Å². The summed E-state index contributed by atoms with van der Waals surface area (Å²) in [5.41, 5.74) is 4.28. The first-order chi connectivity index (χ1) is 10.1. The molecule has 2 aromatic heterocycles. The molecule has 0 aromatic carbocycles. The quantitative estimate of drug-likeness (QED) is 0.936. The molecule has 0 spiro atoms. The minimum Gasteiger partial charge on any atom is -0.307 e. The van der Waals surface area contributed by atoms with Crippen LogP contribution in [0.3, 0.4) is 0 Å². The van der Waals surface area contributed by atoms with Crippen LogP contribution in [0.5, 0.6) is 0 Å². The first-order valence-corrected chi connectivity index (χ1v) is 7.90. The second-order valence-corrected chi connectivity index (χ2v) is 6.15. The molecule has 2 heterocycles. The second kappa shape index (κ2) is 5.64. The molecule has 0 aliphatic heterocycles. The SMILES string of the molecule is CCCN(C)Cc1nn(C)c2[nH]c(=O)c3c(c12)CCCC3. The van der Waals surface area contributed by atoms with Gasteiger partial charge in [0, 0.05) is 24.5 Å². The number of hydrogen-bond acceptors (Lipinski definition) is 3.